The van der Waals surface area contributed by atoms with E-state index in [2.05, 4.69) is 10.2 Å². The first-order chi connectivity index (χ1) is 7.96. The molecule has 1 unspecified atom stereocenters. The smallest absolute Gasteiger partial charge is 0.237 e. The van der Waals surface area contributed by atoms with Crippen molar-refractivity contribution in [3.8, 4) is 0 Å². The summed E-state index contributed by atoms with van der Waals surface area (Å²) in [7, 11) is 3.75. The van der Waals surface area contributed by atoms with Crippen LogP contribution in [-0.2, 0) is 9.53 Å². The summed E-state index contributed by atoms with van der Waals surface area (Å²) in [5.74, 6) is -0.287. The van der Waals surface area contributed by atoms with Gasteiger partial charge in [0.25, 0.3) is 0 Å². The van der Waals surface area contributed by atoms with E-state index in [1.165, 1.54) is 0 Å². The zero-order chi connectivity index (χ0) is 13.3. The van der Waals surface area contributed by atoms with E-state index < -0.39 is 5.54 Å². The number of nitrogens with one attached hydrogen (secondary N) is 1. The van der Waals surface area contributed by atoms with Crippen molar-refractivity contribution in [1.82, 2.24) is 10.2 Å². The summed E-state index contributed by atoms with van der Waals surface area (Å²) in [5, 5.41) is 3.16. The lowest BCUT2D eigenvalue weighted by molar-refractivity contribution is -0.124. The zero-order valence-corrected chi connectivity index (χ0v) is 11.6. The largest absolute Gasteiger partial charge is 0.385 e. The molecular formula is C12H27N3O2. The van der Waals surface area contributed by atoms with Gasteiger partial charge >= 0.3 is 0 Å². The molecule has 0 aromatic rings. The lowest BCUT2D eigenvalue weighted by Gasteiger charge is -2.29. The normalized spacial score (nSPS) is 14.9. The molecule has 17 heavy (non-hydrogen) atoms. The number of primary amides is 1. The van der Waals surface area contributed by atoms with Gasteiger partial charge in [0.1, 0.15) is 0 Å². The highest BCUT2D eigenvalue weighted by molar-refractivity contribution is 5.84. The Morgan fingerprint density at radius 3 is 2.59 bits per heavy atom. The number of likely N-dealkylation sites (N-methyl/N-ethyl adjacent to an activating group) is 1. The Morgan fingerprint density at radius 2 is 2.12 bits per heavy atom. The first kappa shape index (κ1) is 16.4. The zero-order valence-electron chi connectivity index (χ0n) is 11.6. The van der Waals surface area contributed by atoms with Gasteiger partial charge < -0.3 is 20.7 Å². The molecule has 0 aromatic heterocycles. The molecule has 5 heteroatoms. The average molecular weight is 245 g/mol. The number of rotatable bonds is 10. The fourth-order valence-corrected chi connectivity index (χ4v) is 1.69. The first-order valence-electron chi connectivity index (χ1n) is 6.18. The minimum atomic E-state index is -0.607. The molecule has 0 radical (unpaired) electrons. The third-order valence-corrected chi connectivity index (χ3v) is 2.99. The SMILES string of the molecule is CCNC(C)(CCN(C)CCCOC)C(N)=O. The summed E-state index contributed by atoms with van der Waals surface area (Å²) in [6.45, 7) is 7.16. The predicted molar refractivity (Wildman–Crippen MR) is 69.9 cm³/mol. The summed E-state index contributed by atoms with van der Waals surface area (Å²) in [4.78, 5) is 13.6. The Kier molecular flexibility index (Phi) is 8.12. The lowest BCUT2D eigenvalue weighted by atomic mass is 9.96. The van der Waals surface area contributed by atoms with Gasteiger partial charge in [0.05, 0.1) is 5.54 Å². The van der Waals surface area contributed by atoms with Crippen LogP contribution in [0.3, 0.4) is 0 Å². The van der Waals surface area contributed by atoms with Gasteiger partial charge in [-0.25, -0.2) is 0 Å². The summed E-state index contributed by atoms with van der Waals surface area (Å²) < 4.78 is 5.00. The van der Waals surface area contributed by atoms with Crippen molar-refractivity contribution in [1.29, 1.82) is 0 Å². The highest BCUT2D eigenvalue weighted by atomic mass is 16.5. The summed E-state index contributed by atoms with van der Waals surface area (Å²) >= 11 is 0. The second-order valence-electron chi connectivity index (χ2n) is 4.63. The van der Waals surface area contributed by atoms with E-state index >= 15 is 0 Å². The van der Waals surface area contributed by atoms with Gasteiger partial charge in [0.15, 0.2) is 0 Å². The van der Waals surface area contributed by atoms with Crippen molar-refractivity contribution in [2.24, 2.45) is 5.73 Å². The van der Waals surface area contributed by atoms with Gasteiger partial charge in [-0.2, -0.15) is 0 Å². The van der Waals surface area contributed by atoms with Crippen LogP contribution in [0.4, 0.5) is 0 Å². The molecule has 0 aliphatic heterocycles. The summed E-state index contributed by atoms with van der Waals surface area (Å²) in [6.07, 6.45) is 1.72. The third-order valence-electron chi connectivity index (χ3n) is 2.99. The van der Waals surface area contributed by atoms with E-state index in [4.69, 9.17) is 10.5 Å². The van der Waals surface area contributed by atoms with E-state index in [-0.39, 0.29) is 5.91 Å². The van der Waals surface area contributed by atoms with Crippen molar-refractivity contribution in [3.63, 3.8) is 0 Å². The molecule has 0 aliphatic rings. The molecule has 3 N–H and O–H groups in total. The summed E-state index contributed by atoms with van der Waals surface area (Å²) in [5.41, 5.74) is 4.82. The van der Waals surface area contributed by atoms with E-state index in [1.807, 2.05) is 20.9 Å². The van der Waals surface area contributed by atoms with Gasteiger partial charge in [-0.1, -0.05) is 6.92 Å². The Balaban J connectivity index is 4.00. The van der Waals surface area contributed by atoms with Crippen LogP contribution < -0.4 is 11.1 Å². The predicted octanol–water partition coefficient (Wildman–Crippen LogP) is 0.198. The minimum Gasteiger partial charge on any atom is -0.385 e. The van der Waals surface area contributed by atoms with Crippen LogP contribution in [-0.4, -0.2) is 56.7 Å². The molecule has 0 saturated heterocycles. The Morgan fingerprint density at radius 1 is 1.47 bits per heavy atom. The number of carbonyl (C=O) groups is 1. The summed E-state index contributed by atoms with van der Waals surface area (Å²) in [6, 6.07) is 0. The highest BCUT2D eigenvalue weighted by Crippen LogP contribution is 2.09. The van der Waals surface area contributed by atoms with E-state index in [1.54, 1.807) is 7.11 Å². The third kappa shape index (κ3) is 6.61. The van der Waals surface area contributed by atoms with Gasteiger partial charge in [-0.15, -0.1) is 0 Å². The van der Waals surface area contributed by atoms with Crippen molar-refractivity contribution < 1.29 is 9.53 Å². The number of amides is 1. The first-order valence-corrected chi connectivity index (χ1v) is 6.18. The number of nitrogens with two attached hydrogens (primary N) is 1. The molecule has 0 aliphatic carbocycles. The molecule has 0 saturated carbocycles. The molecule has 0 fully saturated rings. The minimum absolute atomic E-state index is 0.287. The van der Waals surface area contributed by atoms with Crippen molar-refractivity contribution in [3.05, 3.63) is 0 Å². The van der Waals surface area contributed by atoms with Crippen molar-refractivity contribution >= 4 is 5.91 Å². The molecule has 0 rings (SSSR count). The number of carbonyl (C=O) groups excluding carboxylic acids is 1. The molecule has 1 amide bonds. The van der Waals surface area contributed by atoms with Gasteiger partial charge in [-0.3, -0.25) is 4.79 Å². The molecule has 0 aromatic carbocycles. The van der Waals surface area contributed by atoms with Crippen LogP contribution >= 0.6 is 0 Å². The Bertz CT molecular complexity index is 224. The standard InChI is InChI=1S/C12H27N3O2/c1-5-14-12(2,11(13)16)7-9-15(3)8-6-10-17-4/h14H,5-10H2,1-4H3,(H2,13,16). The highest BCUT2D eigenvalue weighted by Gasteiger charge is 2.29. The van der Waals surface area contributed by atoms with Crippen LogP contribution in [0.5, 0.6) is 0 Å². The molecule has 102 valence electrons. The number of hydrogen-bond donors (Lipinski definition) is 2. The molecule has 0 heterocycles. The number of ether oxygens (including phenoxy) is 1. The molecular weight excluding hydrogens is 218 g/mol. The maximum atomic E-state index is 11.4. The topological polar surface area (TPSA) is 67.6 Å². The fraction of sp³-hybridized carbons (Fsp3) is 0.917. The number of methoxy groups -OCH3 is 1. The van der Waals surface area contributed by atoms with E-state index in [9.17, 15) is 4.79 Å². The van der Waals surface area contributed by atoms with Gasteiger partial charge in [0.2, 0.25) is 5.91 Å². The van der Waals surface area contributed by atoms with Gasteiger partial charge in [-0.05, 0) is 33.4 Å². The molecule has 0 bridgehead atoms. The van der Waals surface area contributed by atoms with E-state index in [0.717, 1.165) is 39.1 Å². The van der Waals surface area contributed by atoms with Crippen LogP contribution in [0.2, 0.25) is 0 Å². The second-order valence-corrected chi connectivity index (χ2v) is 4.63. The molecule has 1 atom stereocenters. The molecule has 0 spiro atoms. The Labute approximate surface area is 105 Å². The van der Waals surface area contributed by atoms with Gasteiger partial charge in [0, 0.05) is 26.8 Å². The average Bonchev–Trinajstić information content (AvgIpc) is 2.27. The lowest BCUT2D eigenvalue weighted by Crippen LogP contribution is -2.54. The number of nitrogens with zero attached hydrogens (tertiary/aromatic N) is 1. The second kappa shape index (κ2) is 8.44. The monoisotopic (exact) mass is 245 g/mol. The fourth-order valence-electron chi connectivity index (χ4n) is 1.69. The van der Waals surface area contributed by atoms with Crippen LogP contribution in [0.15, 0.2) is 0 Å². The maximum absolute atomic E-state index is 11.4. The van der Waals surface area contributed by atoms with E-state index in [0.29, 0.717) is 0 Å². The van der Waals surface area contributed by atoms with Crippen LogP contribution in [0, 0.1) is 0 Å². The van der Waals surface area contributed by atoms with Crippen LogP contribution in [0.1, 0.15) is 26.7 Å². The quantitative estimate of drug-likeness (QED) is 0.540. The molecule has 5 nitrogen and oxygen atoms in total. The van der Waals surface area contributed by atoms with Crippen LogP contribution in [0.25, 0.3) is 0 Å². The van der Waals surface area contributed by atoms with Crippen molar-refractivity contribution in [2.75, 3.05) is 40.4 Å². The maximum Gasteiger partial charge on any atom is 0.237 e. The Hall–Kier alpha value is -0.650. The van der Waals surface area contributed by atoms with Crippen molar-refractivity contribution in [2.45, 2.75) is 32.2 Å². The number of hydrogen-bond acceptors (Lipinski definition) is 4.